The van der Waals surface area contributed by atoms with Gasteiger partial charge in [0, 0.05) is 39.9 Å². The van der Waals surface area contributed by atoms with Crippen molar-refractivity contribution in [2.45, 2.75) is 19.9 Å². The number of rotatable bonds is 7. The van der Waals surface area contributed by atoms with E-state index >= 15 is 0 Å². The predicted octanol–water partition coefficient (Wildman–Crippen LogP) is 2.41. The van der Waals surface area contributed by atoms with Gasteiger partial charge in [-0.25, -0.2) is 0 Å². The van der Waals surface area contributed by atoms with Gasteiger partial charge in [-0.05, 0) is 35.5 Å². The monoisotopic (exact) mass is 545 g/mol. The van der Waals surface area contributed by atoms with Crippen LogP contribution in [-0.4, -0.2) is 77.8 Å². The highest BCUT2D eigenvalue weighted by Crippen LogP contribution is 2.22. The van der Waals surface area contributed by atoms with Gasteiger partial charge in [0.05, 0.1) is 17.9 Å². The summed E-state index contributed by atoms with van der Waals surface area (Å²) < 4.78 is 1.72. The van der Waals surface area contributed by atoms with Crippen LogP contribution in [0.3, 0.4) is 0 Å². The number of carbonyl (C=O) groups is 1. The molecule has 2 aromatic rings. The molecule has 2 aromatic heterocycles. The molecule has 0 spiro atoms. The molecule has 0 aromatic carbocycles. The lowest BCUT2D eigenvalue weighted by Crippen LogP contribution is -2.56. The van der Waals surface area contributed by atoms with E-state index in [0.717, 1.165) is 37.8 Å². The van der Waals surface area contributed by atoms with Crippen LogP contribution in [-0.2, 0) is 11.8 Å². The van der Waals surface area contributed by atoms with Gasteiger partial charge in [-0.3, -0.25) is 19.4 Å². The number of anilines is 1. The van der Waals surface area contributed by atoms with Crippen molar-refractivity contribution in [1.29, 1.82) is 0 Å². The van der Waals surface area contributed by atoms with Crippen molar-refractivity contribution in [2.75, 3.05) is 51.2 Å². The second kappa shape index (κ2) is 11.7. The molecule has 166 valence electrons. The maximum Gasteiger partial charge on any atom is 0.246 e. The summed E-state index contributed by atoms with van der Waals surface area (Å²) >= 11 is 1.72. The number of hydrogen-bond acceptors (Lipinski definition) is 5. The number of aryl methyl sites for hydroxylation is 1. The zero-order valence-electron chi connectivity index (χ0n) is 18.1. The van der Waals surface area contributed by atoms with E-state index in [4.69, 9.17) is 0 Å². The van der Waals surface area contributed by atoms with Crippen LogP contribution in [0.2, 0.25) is 0 Å². The first-order chi connectivity index (χ1) is 14.1. The Bertz CT molecular complexity index is 819. The van der Waals surface area contributed by atoms with E-state index in [1.807, 2.05) is 18.1 Å². The van der Waals surface area contributed by atoms with E-state index in [0.29, 0.717) is 13.1 Å². The lowest BCUT2D eigenvalue weighted by Gasteiger charge is -2.36. The average Bonchev–Trinajstić information content (AvgIpc) is 3.40. The van der Waals surface area contributed by atoms with Gasteiger partial charge in [0.2, 0.25) is 5.91 Å². The minimum absolute atomic E-state index is 0. The number of amides is 1. The van der Waals surface area contributed by atoms with Gasteiger partial charge in [-0.2, -0.15) is 16.4 Å². The molecule has 1 aliphatic rings. The van der Waals surface area contributed by atoms with Crippen LogP contribution in [0.15, 0.2) is 34.2 Å². The van der Waals surface area contributed by atoms with Crippen molar-refractivity contribution in [3.63, 3.8) is 0 Å². The smallest absolute Gasteiger partial charge is 0.246 e. The lowest BCUT2D eigenvalue weighted by molar-refractivity contribution is -0.120. The van der Waals surface area contributed by atoms with Crippen molar-refractivity contribution >= 4 is 52.9 Å². The third-order valence-corrected chi connectivity index (χ3v) is 6.07. The first-order valence-corrected chi connectivity index (χ1v) is 11.0. The maximum absolute atomic E-state index is 12.7. The molecule has 1 N–H and O–H groups in total. The van der Waals surface area contributed by atoms with Gasteiger partial charge < -0.3 is 15.1 Å². The number of aliphatic imine (C=N–C) groups is 1. The fourth-order valence-electron chi connectivity index (χ4n) is 3.78. The standard InChI is InChI=1S/C20H31N7OS.HI/c1-5-25(6-2)18(16-7-10-29-15-16)12-22-20(21-3)26-8-9-27(19(28)14-26)17-11-23-24(4)13-17;/h7,10-11,13,15,18H,5-6,8-9,12,14H2,1-4H3,(H,21,22);1H. The number of aromatic nitrogens is 2. The number of halogens is 1. The summed E-state index contributed by atoms with van der Waals surface area (Å²) in [5.74, 6) is 0.835. The molecule has 0 radical (unpaired) electrons. The van der Waals surface area contributed by atoms with E-state index in [1.165, 1.54) is 5.56 Å². The Morgan fingerprint density at radius 1 is 1.37 bits per heavy atom. The number of thiophene rings is 1. The average molecular weight is 545 g/mol. The Morgan fingerprint density at radius 2 is 2.13 bits per heavy atom. The highest BCUT2D eigenvalue weighted by molar-refractivity contribution is 14.0. The van der Waals surface area contributed by atoms with Crippen LogP contribution in [0.1, 0.15) is 25.5 Å². The van der Waals surface area contributed by atoms with Crippen molar-refractivity contribution in [3.05, 3.63) is 34.8 Å². The topological polar surface area (TPSA) is 69.0 Å². The molecule has 1 aliphatic heterocycles. The molecule has 3 rings (SSSR count). The summed E-state index contributed by atoms with van der Waals surface area (Å²) in [6.45, 7) is 8.76. The second-order valence-electron chi connectivity index (χ2n) is 7.06. The summed E-state index contributed by atoms with van der Waals surface area (Å²) in [6, 6.07) is 2.47. The third-order valence-electron chi connectivity index (χ3n) is 5.37. The molecule has 1 unspecified atom stereocenters. The van der Waals surface area contributed by atoms with Crippen LogP contribution in [0, 0.1) is 0 Å². The highest BCUT2D eigenvalue weighted by Gasteiger charge is 2.28. The molecule has 1 fully saturated rings. The summed E-state index contributed by atoms with van der Waals surface area (Å²) in [6.07, 6.45) is 3.60. The van der Waals surface area contributed by atoms with Gasteiger partial charge in [-0.1, -0.05) is 13.8 Å². The Morgan fingerprint density at radius 3 is 2.67 bits per heavy atom. The van der Waals surface area contributed by atoms with E-state index in [9.17, 15) is 4.79 Å². The van der Waals surface area contributed by atoms with E-state index < -0.39 is 0 Å². The van der Waals surface area contributed by atoms with Crippen LogP contribution >= 0.6 is 35.3 Å². The molecule has 8 nitrogen and oxygen atoms in total. The Hall–Kier alpha value is -1.66. The normalized spacial score (nSPS) is 16.0. The summed E-state index contributed by atoms with van der Waals surface area (Å²) in [7, 11) is 3.63. The number of piperazine rings is 1. The Balaban J connectivity index is 0.00000320. The van der Waals surface area contributed by atoms with Crippen molar-refractivity contribution < 1.29 is 4.79 Å². The lowest BCUT2D eigenvalue weighted by atomic mass is 10.1. The van der Waals surface area contributed by atoms with Gasteiger partial charge >= 0.3 is 0 Å². The van der Waals surface area contributed by atoms with Crippen LogP contribution in [0.5, 0.6) is 0 Å². The summed E-state index contributed by atoms with van der Waals surface area (Å²) in [5, 5.41) is 12.0. The van der Waals surface area contributed by atoms with Crippen LogP contribution in [0.4, 0.5) is 5.69 Å². The van der Waals surface area contributed by atoms with Gasteiger partial charge in [0.1, 0.15) is 6.54 Å². The fraction of sp³-hybridized carbons (Fsp3) is 0.550. The fourth-order valence-corrected chi connectivity index (χ4v) is 4.49. The van der Waals surface area contributed by atoms with Gasteiger partial charge in [0.25, 0.3) is 0 Å². The number of guanidine groups is 1. The van der Waals surface area contributed by atoms with E-state index in [-0.39, 0.29) is 35.9 Å². The number of carbonyl (C=O) groups excluding carboxylic acids is 1. The summed E-state index contributed by atoms with van der Waals surface area (Å²) in [4.78, 5) is 23.4. The molecule has 0 bridgehead atoms. The molecule has 30 heavy (non-hydrogen) atoms. The largest absolute Gasteiger partial charge is 0.354 e. The van der Waals surface area contributed by atoms with E-state index in [2.05, 4.69) is 51.0 Å². The Labute approximate surface area is 200 Å². The quantitative estimate of drug-likeness (QED) is 0.329. The second-order valence-corrected chi connectivity index (χ2v) is 7.84. The first kappa shape index (κ1) is 24.6. The first-order valence-electron chi connectivity index (χ1n) is 10.1. The predicted molar refractivity (Wildman–Crippen MR) is 134 cm³/mol. The molecule has 1 amide bonds. The van der Waals surface area contributed by atoms with Crippen LogP contribution < -0.4 is 10.2 Å². The van der Waals surface area contributed by atoms with Crippen molar-refractivity contribution in [2.24, 2.45) is 12.0 Å². The molecular weight excluding hydrogens is 513 g/mol. The molecule has 0 aliphatic carbocycles. The molecule has 3 heterocycles. The van der Waals surface area contributed by atoms with Crippen molar-refractivity contribution in [3.8, 4) is 0 Å². The molecule has 1 saturated heterocycles. The zero-order valence-corrected chi connectivity index (χ0v) is 21.3. The van der Waals surface area contributed by atoms with Gasteiger partial charge in [-0.15, -0.1) is 24.0 Å². The summed E-state index contributed by atoms with van der Waals surface area (Å²) in [5.41, 5.74) is 2.17. The molecule has 0 saturated carbocycles. The Kier molecular flexibility index (Phi) is 9.56. The number of likely N-dealkylation sites (N-methyl/N-ethyl adjacent to an activating group) is 1. The number of nitrogens with one attached hydrogen (secondary N) is 1. The third kappa shape index (κ3) is 5.73. The minimum atomic E-state index is 0. The highest BCUT2D eigenvalue weighted by atomic mass is 127. The molecular formula is C20H32IN7OS. The molecule has 1 atom stereocenters. The number of nitrogens with zero attached hydrogens (tertiary/aromatic N) is 6. The van der Waals surface area contributed by atoms with Crippen molar-refractivity contribution in [1.82, 2.24) is 24.9 Å². The SMILES string of the molecule is CCN(CC)C(CNC(=NC)N1CCN(c2cnn(C)c2)C(=O)C1)c1ccsc1.I. The van der Waals surface area contributed by atoms with Crippen LogP contribution in [0.25, 0.3) is 0 Å². The zero-order chi connectivity index (χ0) is 20.8. The minimum Gasteiger partial charge on any atom is -0.354 e. The molecule has 10 heteroatoms. The van der Waals surface area contributed by atoms with Gasteiger partial charge in [0.15, 0.2) is 5.96 Å². The number of hydrogen-bond donors (Lipinski definition) is 1. The van der Waals surface area contributed by atoms with E-state index in [1.54, 1.807) is 34.2 Å². The maximum atomic E-state index is 12.7.